The third-order valence-corrected chi connectivity index (χ3v) is 5.03. The molecular formula is C22H27F3N8O2. The van der Waals surface area contributed by atoms with Gasteiger partial charge >= 0.3 is 12.1 Å². The lowest BCUT2D eigenvalue weighted by Gasteiger charge is -2.29. The minimum atomic E-state index is -5.08. The van der Waals surface area contributed by atoms with Gasteiger partial charge in [0.15, 0.2) is 0 Å². The second-order valence-electron chi connectivity index (χ2n) is 8.74. The molecule has 0 radical (unpaired) electrons. The molecule has 0 bridgehead atoms. The summed E-state index contributed by atoms with van der Waals surface area (Å²) in [5, 5.41) is 21.0. The number of anilines is 3. The van der Waals surface area contributed by atoms with Crippen LogP contribution >= 0.6 is 0 Å². The number of nitrogens with zero attached hydrogens (tertiary/aromatic N) is 5. The van der Waals surface area contributed by atoms with Crippen molar-refractivity contribution in [1.82, 2.24) is 30.5 Å². The second-order valence-corrected chi connectivity index (χ2v) is 8.74. The van der Waals surface area contributed by atoms with Crippen molar-refractivity contribution in [1.29, 1.82) is 0 Å². The van der Waals surface area contributed by atoms with Crippen LogP contribution in [0.2, 0.25) is 0 Å². The Bertz CT molecular complexity index is 1120. The number of hydrogen-bond acceptors (Lipinski definition) is 8. The summed E-state index contributed by atoms with van der Waals surface area (Å²) in [4.78, 5) is 24.7. The van der Waals surface area contributed by atoms with Crippen molar-refractivity contribution in [2.24, 2.45) is 0 Å². The fraction of sp³-hybridized carbons (Fsp3) is 0.409. The van der Waals surface area contributed by atoms with Crippen molar-refractivity contribution in [3.63, 3.8) is 0 Å². The smallest absolute Gasteiger partial charge is 0.475 e. The fourth-order valence-corrected chi connectivity index (χ4v) is 3.31. The van der Waals surface area contributed by atoms with E-state index in [0.717, 1.165) is 54.6 Å². The van der Waals surface area contributed by atoms with E-state index in [9.17, 15) is 13.2 Å². The highest BCUT2D eigenvalue weighted by Gasteiger charge is 2.38. The van der Waals surface area contributed by atoms with Crippen molar-refractivity contribution in [3.05, 3.63) is 42.5 Å². The van der Waals surface area contributed by atoms with Gasteiger partial charge in [0.25, 0.3) is 0 Å². The molecule has 1 aliphatic heterocycles. The van der Waals surface area contributed by atoms with Crippen LogP contribution in [0.25, 0.3) is 11.3 Å². The predicted octanol–water partition coefficient (Wildman–Crippen LogP) is 3.35. The topological polar surface area (TPSA) is 132 Å². The zero-order valence-electron chi connectivity index (χ0n) is 19.5. The Hall–Kier alpha value is -3.74. The Morgan fingerprint density at radius 2 is 1.77 bits per heavy atom. The van der Waals surface area contributed by atoms with Crippen molar-refractivity contribution in [3.8, 4) is 11.3 Å². The van der Waals surface area contributed by atoms with Crippen LogP contribution < -0.4 is 15.5 Å². The molecule has 0 atom stereocenters. The summed E-state index contributed by atoms with van der Waals surface area (Å²) in [6.07, 6.45) is 0.373. The SMILES string of the molecule is CC(C)(C)c1[nH]ncc1-c1ccnc(Nc2ccc(N3CCNCC3)cn2)n1.O=C(O)C(F)(F)F. The number of carboxylic acids is 1. The molecule has 4 heterocycles. The van der Waals surface area contributed by atoms with Crippen LogP contribution in [0.3, 0.4) is 0 Å². The molecular weight excluding hydrogens is 465 g/mol. The molecule has 4 N–H and O–H groups in total. The van der Waals surface area contributed by atoms with Crippen molar-refractivity contribution >= 4 is 23.4 Å². The summed E-state index contributed by atoms with van der Waals surface area (Å²) in [6, 6.07) is 5.94. The Kier molecular flexibility index (Phi) is 7.89. The molecule has 3 aromatic rings. The number of hydrogen-bond donors (Lipinski definition) is 4. The van der Waals surface area contributed by atoms with Gasteiger partial charge in [-0.15, -0.1) is 0 Å². The van der Waals surface area contributed by atoms with E-state index in [0.29, 0.717) is 5.95 Å². The molecule has 188 valence electrons. The van der Waals surface area contributed by atoms with Crippen molar-refractivity contribution in [2.45, 2.75) is 32.4 Å². The second kappa shape index (κ2) is 10.7. The average molecular weight is 493 g/mol. The number of nitrogens with one attached hydrogen (secondary N) is 3. The monoisotopic (exact) mass is 492 g/mol. The maximum absolute atomic E-state index is 10.6. The van der Waals surface area contributed by atoms with Gasteiger partial charge in [-0.05, 0) is 18.2 Å². The van der Waals surface area contributed by atoms with Gasteiger partial charge in [0, 0.05) is 49.0 Å². The first-order chi connectivity index (χ1) is 16.4. The van der Waals surface area contributed by atoms with E-state index < -0.39 is 12.1 Å². The van der Waals surface area contributed by atoms with Gasteiger partial charge in [0.1, 0.15) is 5.82 Å². The third-order valence-electron chi connectivity index (χ3n) is 5.03. The Balaban J connectivity index is 0.000000429. The molecule has 0 spiro atoms. The van der Waals surface area contributed by atoms with Gasteiger partial charge in [-0.2, -0.15) is 18.3 Å². The number of carbonyl (C=O) groups is 1. The van der Waals surface area contributed by atoms with E-state index in [1.807, 2.05) is 24.5 Å². The lowest BCUT2D eigenvalue weighted by Crippen LogP contribution is -2.43. The quantitative estimate of drug-likeness (QED) is 0.433. The third kappa shape index (κ3) is 7.12. The van der Waals surface area contributed by atoms with E-state index in [1.165, 1.54) is 0 Å². The molecule has 13 heteroatoms. The number of rotatable bonds is 4. The van der Waals surface area contributed by atoms with Crippen LogP contribution in [0.1, 0.15) is 26.5 Å². The van der Waals surface area contributed by atoms with Crippen LogP contribution in [0.4, 0.5) is 30.6 Å². The van der Waals surface area contributed by atoms with E-state index in [4.69, 9.17) is 9.90 Å². The van der Waals surface area contributed by atoms with Crippen molar-refractivity contribution < 1.29 is 23.1 Å². The molecule has 0 saturated carbocycles. The van der Waals surface area contributed by atoms with Gasteiger partial charge in [-0.3, -0.25) is 5.10 Å². The number of alkyl halides is 3. The van der Waals surface area contributed by atoms with E-state index >= 15 is 0 Å². The zero-order valence-corrected chi connectivity index (χ0v) is 19.5. The molecule has 0 aliphatic carbocycles. The molecule has 1 fully saturated rings. The Labute approximate surface area is 200 Å². The molecule has 1 aliphatic rings. The van der Waals surface area contributed by atoms with E-state index in [2.05, 4.69) is 67.5 Å². The average Bonchev–Trinajstić information content (AvgIpc) is 3.31. The lowest BCUT2D eigenvalue weighted by atomic mass is 9.89. The number of aliphatic carboxylic acids is 1. The number of halogens is 3. The minimum Gasteiger partial charge on any atom is -0.475 e. The Morgan fingerprint density at radius 3 is 2.34 bits per heavy atom. The largest absolute Gasteiger partial charge is 0.490 e. The molecule has 0 amide bonds. The summed E-state index contributed by atoms with van der Waals surface area (Å²) in [5.74, 6) is -1.52. The number of pyridine rings is 1. The van der Waals surface area contributed by atoms with E-state index in [1.54, 1.807) is 6.20 Å². The summed E-state index contributed by atoms with van der Waals surface area (Å²) in [5.41, 5.74) is 3.95. The van der Waals surface area contributed by atoms with Crippen LogP contribution in [-0.4, -0.2) is 68.6 Å². The standard InChI is InChI=1S/C20H26N8.C2HF3O2/c1-20(2,3)18-15(13-24-27-18)16-6-7-22-19(25-16)26-17-5-4-14(12-23-17)28-10-8-21-9-11-28;3-2(4,5)1(6)7/h4-7,12-13,21H,8-11H2,1-3H3,(H,24,27)(H,22,23,25,26);(H,6,7). The van der Waals surface area contributed by atoms with Crippen LogP contribution in [0.5, 0.6) is 0 Å². The van der Waals surface area contributed by atoms with Crippen molar-refractivity contribution in [2.75, 3.05) is 36.4 Å². The molecule has 35 heavy (non-hydrogen) atoms. The first-order valence-electron chi connectivity index (χ1n) is 10.8. The molecule has 3 aromatic heterocycles. The highest BCUT2D eigenvalue weighted by Crippen LogP contribution is 2.30. The van der Waals surface area contributed by atoms with Gasteiger partial charge in [0.2, 0.25) is 5.95 Å². The zero-order chi connectivity index (χ0) is 25.6. The van der Waals surface area contributed by atoms with Gasteiger partial charge in [-0.25, -0.2) is 19.7 Å². The molecule has 0 aromatic carbocycles. The summed E-state index contributed by atoms with van der Waals surface area (Å²) >= 11 is 0. The molecule has 0 unspecified atom stereocenters. The molecule has 10 nitrogen and oxygen atoms in total. The minimum absolute atomic E-state index is 0.0499. The number of H-pyrrole nitrogens is 1. The maximum Gasteiger partial charge on any atom is 0.490 e. The maximum atomic E-state index is 10.6. The number of piperazine rings is 1. The van der Waals surface area contributed by atoms with Crippen LogP contribution in [0, 0.1) is 0 Å². The predicted molar refractivity (Wildman–Crippen MR) is 125 cm³/mol. The fourth-order valence-electron chi connectivity index (χ4n) is 3.31. The normalized spacial score (nSPS) is 14.2. The first-order valence-corrected chi connectivity index (χ1v) is 10.8. The van der Waals surface area contributed by atoms with Gasteiger partial charge in [0.05, 0.1) is 23.8 Å². The lowest BCUT2D eigenvalue weighted by molar-refractivity contribution is -0.192. The van der Waals surface area contributed by atoms with Crippen LogP contribution in [0.15, 0.2) is 36.8 Å². The Morgan fingerprint density at radius 1 is 1.09 bits per heavy atom. The number of carboxylic acid groups (broad SMARTS) is 1. The van der Waals surface area contributed by atoms with Gasteiger partial charge in [-0.1, -0.05) is 20.8 Å². The molecule has 4 rings (SSSR count). The summed E-state index contributed by atoms with van der Waals surface area (Å²) < 4.78 is 31.7. The summed E-state index contributed by atoms with van der Waals surface area (Å²) in [6.45, 7) is 10.5. The number of aromatic nitrogens is 5. The molecule has 1 saturated heterocycles. The summed E-state index contributed by atoms with van der Waals surface area (Å²) in [7, 11) is 0. The highest BCUT2D eigenvalue weighted by atomic mass is 19.4. The van der Waals surface area contributed by atoms with Crippen LogP contribution in [-0.2, 0) is 10.2 Å². The van der Waals surface area contributed by atoms with Gasteiger partial charge < -0.3 is 20.6 Å². The first kappa shape index (κ1) is 25.9. The highest BCUT2D eigenvalue weighted by molar-refractivity contribution is 5.73. The van der Waals surface area contributed by atoms with E-state index in [-0.39, 0.29) is 5.41 Å². The number of aromatic amines is 1.